The van der Waals surface area contributed by atoms with E-state index in [1.165, 1.54) is 17.5 Å². The second-order valence-corrected chi connectivity index (χ2v) is 9.20. The van der Waals surface area contributed by atoms with Crippen LogP contribution in [0, 0.1) is 0 Å². The van der Waals surface area contributed by atoms with Crippen molar-refractivity contribution in [3.63, 3.8) is 0 Å². The predicted molar refractivity (Wildman–Crippen MR) is 143 cm³/mol. The molecule has 5 nitrogen and oxygen atoms in total. The number of hydrazine groups is 1. The Labute approximate surface area is 209 Å². The lowest BCUT2D eigenvalue weighted by atomic mass is 9.77. The minimum atomic E-state index is -0.218. The number of hydrogen-bond acceptors (Lipinski definition) is 4. The van der Waals surface area contributed by atoms with Crippen LogP contribution in [-0.4, -0.2) is 42.6 Å². The van der Waals surface area contributed by atoms with Gasteiger partial charge >= 0.3 is 0 Å². The number of carbonyl (C=O) groups is 1. The van der Waals surface area contributed by atoms with E-state index in [0.717, 1.165) is 42.8 Å². The third-order valence-corrected chi connectivity index (χ3v) is 7.13. The van der Waals surface area contributed by atoms with E-state index >= 15 is 0 Å². The van der Waals surface area contributed by atoms with Crippen molar-refractivity contribution in [3.05, 3.63) is 95.6 Å². The van der Waals surface area contributed by atoms with Crippen molar-refractivity contribution in [2.75, 3.05) is 32.2 Å². The van der Waals surface area contributed by atoms with Crippen LogP contribution in [0.2, 0.25) is 0 Å². The number of piperidine rings is 1. The number of nitrogens with zero attached hydrogens (tertiary/aromatic N) is 2. The summed E-state index contributed by atoms with van der Waals surface area (Å²) in [4.78, 5) is 14.6. The molecule has 0 saturated carbocycles. The SMILES string of the molecule is CCN(CC)C(=O)c1ccc(NN2CCCCC2(Cc2ccccc2)c2cccc(OC)c2)cc1. The third-order valence-electron chi connectivity index (χ3n) is 7.13. The molecule has 0 spiro atoms. The average molecular weight is 472 g/mol. The first-order valence-corrected chi connectivity index (χ1v) is 12.7. The van der Waals surface area contributed by atoms with Gasteiger partial charge in [-0.15, -0.1) is 0 Å². The van der Waals surface area contributed by atoms with Crippen molar-refractivity contribution in [2.24, 2.45) is 0 Å². The summed E-state index contributed by atoms with van der Waals surface area (Å²) >= 11 is 0. The summed E-state index contributed by atoms with van der Waals surface area (Å²) in [6, 6.07) is 27.1. The van der Waals surface area contributed by atoms with Crippen molar-refractivity contribution >= 4 is 11.6 Å². The van der Waals surface area contributed by atoms with Crippen molar-refractivity contribution < 1.29 is 9.53 Å². The maximum Gasteiger partial charge on any atom is 0.253 e. The highest BCUT2D eigenvalue weighted by Crippen LogP contribution is 2.41. The smallest absolute Gasteiger partial charge is 0.253 e. The molecule has 1 aliphatic rings. The molecule has 1 atom stereocenters. The summed E-state index contributed by atoms with van der Waals surface area (Å²) in [5, 5.41) is 2.40. The molecular formula is C30H37N3O2. The van der Waals surface area contributed by atoms with E-state index in [9.17, 15) is 4.79 Å². The number of ether oxygens (including phenoxy) is 1. The van der Waals surface area contributed by atoms with Crippen LogP contribution in [0.4, 0.5) is 5.69 Å². The number of hydrogen-bond donors (Lipinski definition) is 1. The van der Waals surface area contributed by atoms with Crippen molar-refractivity contribution in [1.29, 1.82) is 0 Å². The molecule has 35 heavy (non-hydrogen) atoms. The Kier molecular flexibility index (Phi) is 8.09. The zero-order valence-electron chi connectivity index (χ0n) is 21.2. The minimum Gasteiger partial charge on any atom is -0.497 e. The first kappa shape index (κ1) is 24.8. The maximum absolute atomic E-state index is 12.7. The standard InChI is InChI=1S/C30H37N3O2/c1-4-32(5-2)29(34)25-16-18-27(19-17-25)31-33-21-10-9-20-30(33,23-24-12-7-6-8-13-24)26-14-11-15-28(22-26)35-3/h6-8,11-19,22,31H,4-5,9-10,20-21,23H2,1-3H3. The zero-order chi connectivity index (χ0) is 24.7. The number of anilines is 1. The van der Waals surface area contributed by atoms with Gasteiger partial charge in [-0.2, -0.15) is 0 Å². The topological polar surface area (TPSA) is 44.8 Å². The van der Waals surface area contributed by atoms with E-state index in [4.69, 9.17) is 4.74 Å². The molecule has 3 aromatic carbocycles. The lowest BCUT2D eigenvalue weighted by Crippen LogP contribution is -2.53. The zero-order valence-corrected chi connectivity index (χ0v) is 21.2. The van der Waals surface area contributed by atoms with Crippen LogP contribution < -0.4 is 10.2 Å². The molecule has 1 amide bonds. The molecule has 184 valence electrons. The molecule has 3 aromatic rings. The summed E-state index contributed by atoms with van der Waals surface area (Å²) in [5.74, 6) is 0.953. The molecular weight excluding hydrogens is 434 g/mol. The summed E-state index contributed by atoms with van der Waals surface area (Å²) < 4.78 is 5.59. The number of carbonyl (C=O) groups excluding carboxylic acids is 1. The molecule has 0 bridgehead atoms. The van der Waals surface area contributed by atoms with Crippen LogP contribution in [0.15, 0.2) is 78.9 Å². The Morgan fingerprint density at radius 1 is 0.971 bits per heavy atom. The van der Waals surface area contributed by atoms with Crippen molar-refractivity contribution in [3.8, 4) is 5.75 Å². The predicted octanol–water partition coefficient (Wildman–Crippen LogP) is 6.13. The molecule has 0 aromatic heterocycles. The fourth-order valence-electron chi connectivity index (χ4n) is 5.17. The van der Waals surface area contributed by atoms with Crippen LogP contribution in [0.1, 0.15) is 54.6 Å². The number of methoxy groups -OCH3 is 1. The van der Waals surface area contributed by atoms with Gasteiger partial charge < -0.3 is 15.1 Å². The largest absolute Gasteiger partial charge is 0.497 e. The first-order chi connectivity index (χ1) is 17.1. The van der Waals surface area contributed by atoms with E-state index in [-0.39, 0.29) is 11.4 Å². The van der Waals surface area contributed by atoms with Crippen LogP contribution in [-0.2, 0) is 12.0 Å². The van der Waals surface area contributed by atoms with E-state index in [1.807, 2.05) is 49.1 Å². The second kappa shape index (κ2) is 11.4. The number of benzene rings is 3. The number of nitrogens with one attached hydrogen (secondary N) is 1. The van der Waals surface area contributed by atoms with Gasteiger partial charge in [-0.1, -0.05) is 42.5 Å². The fraction of sp³-hybridized carbons (Fsp3) is 0.367. The van der Waals surface area contributed by atoms with Gasteiger partial charge in [0.2, 0.25) is 0 Å². The Hall–Kier alpha value is -3.31. The molecule has 1 N–H and O–H groups in total. The highest BCUT2D eigenvalue weighted by atomic mass is 16.5. The summed E-state index contributed by atoms with van der Waals surface area (Å²) in [6.07, 6.45) is 4.23. The van der Waals surface area contributed by atoms with Crippen molar-refractivity contribution in [2.45, 2.75) is 45.1 Å². The van der Waals surface area contributed by atoms with E-state index in [0.29, 0.717) is 13.1 Å². The number of rotatable bonds is 9. The van der Waals surface area contributed by atoms with Gasteiger partial charge in [-0.3, -0.25) is 4.79 Å². The first-order valence-electron chi connectivity index (χ1n) is 12.7. The molecule has 5 heteroatoms. The van der Waals surface area contributed by atoms with Crippen molar-refractivity contribution in [1.82, 2.24) is 9.91 Å². The van der Waals surface area contributed by atoms with Gasteiger partial charge in [-0.25, -0.2) is 5.01 Å². The van der Waals surface area contributed by atoms with Gasteiger partial charge in [0.1, 0.15) is 5.75 Å². The molecule has 1 fully saturated rings. The Balaban J connectivity index is 1.66. The average Bonchev–Trinajstić information content (AvgIpc) is 2.91. The summed E-state index contributed by atoms with van der Waals surface area (Å²) in [6.45, 7) is 6.39. The van der Waals surface area contributed by atoms with E-state index < -0.39 is 0 Å². The third kappa shape index (κ3) is 5.51. The highest BCUT2D eigenvalue weighted by Gasteiger charge is 2.41. The highest BCUT2D eigenvalue weighted by molar-refractivity contribution is 5.94. The lowest BCUT2D eigenvalue weighted by Gasteiger charge is -2.48. The minimum absolute atomic E-state index is 0.0781. The summed E-state index contributed by atoms with van der Waals surface area (Å²) in [7, 11) is 1.72. The maximum atomic E-state index is 12.7. The van der Waals surface area contributed by atoms with Crippen LogP contribution in [0.5, 0.6) is 5.75 Å². The van der Waals surface area contributed by atoms with E-state index in [1.54, 1.807) is 7.11 Å². The molecule has 1 aliphatic heterocycles. The quantitative estimate of drug-likeness (QED) is 0.408. The monoisotopic (exact) mass is 471 g/mol. The molecule has 1 unspecified atom stereocenters. The molecule has 4 rings (SSSR count). The second-order valence-electron chi connectivity index (χ2n) is 9.20. The molecule has 0 aliphatic carbocycles. The summed E-state index contributed by atoms with van der Waals surface area (Å²) in [5.41, 5.74) is 7.77. The van der Waals surface area contributed by atoms with Crippen LogP contribution in [0.25, 0.3) is 0 Å². The Morgan fingerprint density at radius 2 is 1.71 bits per heavy atom. The van der Waals surface area contributed by atoms with Crippen LogP contribution >= 0.6 is 0 Å². The van der Waals surface area contributed by atoms with Gasteiger partial charge in [0.05, 0.1) is 12.6 Å². The number of amides is 1. The molecule has 1 heterocycles. The Morgan fingerprint density at radius 3 is 2.40 bits per heavy atom. The van der Waals surface area contributed by atoms with Gasteiger partial charge in [0, 0.05) is 30.9 Å². The normalized spacial score (nSPS) is 18.1. The van der Waals surface area contributed by atoms with Gasteiger partial charge in [0.15, 0.2) is 0 Å². The van der Waals surface area contributed by atoms with Gasteiger partial charge in [-0.05, 0) is 87.1 Å². The fourth-order valence-corrected chi connectivity index (χ4v) is 5.17. The Bertz CT molecular complexity index is 1100. The van der Waals surface area contributed by atoms with Crippen LogP contribution in [0.3, 0.4) is 0 Å². The lowest BCUT2D eigenvalue weighted by molar-refractivity contribution is 0.0686. The van der Waals surface area contributed by atoms with Gasteiger partial charge in [0.25, 0.3) is 5.91 Å². The van der Waals surface area contributed by atoms with E-state index in [2.05, 4.69) is 59.0 Å². The molecule has 0 radical (unpaired) electrons. The molecule has 1 saturated heterocycles.